The molecule has 5 heteroatoms. The lowest BCUT2D eigenvalue weighted by atomic mass is 10.1. The molecule has 5 nitrogen and oxygen atoms in total. The topological polar surface area (TPSA) is 68.0 Å². The molecular weight excluding hydrogens is 230 g/mol. The SMILES string of the molecule is CCC(=O)NCc1cccc(-c2noc(C)n2)c1. The summed E-state index contributed by atoms with van der Waals surface area (Å²) in [7, 11) is 0. The van der Waals surface area contributed by atoms with Gasteiger partial charge in [-0.25, -0.2) is 0 Å². The zero-order valence-electron chi connectivity index (χ0n) is 10.4. The van der Waals surface area contributed by atoms with Gasteiger partial charge in [0, 0.05) is 25.5 Å². The first-order chi connectivity index (χ1) is 8.69. The zero-order chi connectivity index (χ0) is 13.0. The molecule has 0 aliphatic rings. The van der Waals surface area contributed by atoms with E-state index < -0.39 is 0 Å². The molecule has 1 aromatic heterocycles. The Morgan fingerprint density at radius 1 is 1.44 bits per heavy atom. The van der Waals surface area contributed by atoms with Gasteiger partial charge in [0.2, 0.25) is 17.6 Å². The lowest BCUT2D eigenvalue weighted by Crippen LogP contribution is -2.21. The molecule has 94 valence electrons. The monoisotopic (exact) mass is 245 g/mol. The van der Waals surface area contributed by atoms with Crippen LogP contribution in [-0.2, 0) is 11.3 Å². The summed E-state index contributed by atoms with van der Waals surface area (Å²) in [5, 5.41) is 6.69. The summed E-state index contributed by atoms with van der Waals surface area (Å²) in [6.07, 6.45) is 0.490. The van der Waals surface area contributed by atoms with Crippen LogP contribution < -0.4 is 5.32 Å². The van der Waals surface area contributed by atoms with Crippen molar-refractivity contribution in [2.75, 3.05) is 0 Å². The Kier molecular flexibility index (Phi) is 3.72. The van der Waals surface area contributed by atoms with Crippen LogP contribution in [0.4, 0.5) is 0 Å². The molecule has 0 saturated carbocycles. The van der Waals surface area contributed by atoms with Gasteiger partial charge in [0.1, 0.15) is 0 Å². The quantitative estimate of drug-likeness (QED) is 0.895. The fourth-order valence-corrected chi connectivity index (χ4v) is 1.56. The summed E-state index contributed by atoms with van der Waals surface area (Å²) < 4.78 is 4.94. The Hall–Kier alpha value is -2.17. The van der Waals surface area contributed by atoms with E-state index in [0.717, 1.165) is 11.1 Å². The van der Waals surface area contributed by atoms with E-state index in [1.807, 2.05) is 31.2 Å². The van der Waals surface area contributed by atoms with E-state index in [9.17, 15) is 4.79 Å². The van der Waals surface area contributed by atoms with Crippen LogP contribution in [-0.4, -0.2) is 16.0 Å². The highest BCUT2D eigenvalue weighted by Gasteiger charge is 2.06. The van der Waals surface area contributed by atoms with Gasteiger partial charge in [-0.1, -0.05) is 30.3 Å². The number of benzene rings is 1. The summed E-state index contributed by atoms with van der Waals surface area (Å²) in [4.78, 5) is 15.4. The molecule has 18 heavy (non-hydrogen) atoms. The molecule has 1 aromatic carbocycles. The molecule has 0 unspecified atom stereocenters. The van der Waals surface area contributed by atoms with Crippen LogP contribution in [0.15, 0.2) is 28.8 Å². The van der Waals surface area contributed by atoms with Crippen LogP contribution in [0.1, 0.15) is 24.8 Å². The average Bonchev–Trinajstić information content (AvgIpc) is 2.83. The lowest BCUT2D eigenvalue weighted by Gasteiger charge is -2.04. The zero-order valence-corrected chi connectivity index (χ0v) is 10.4. The van der Waals surface area contributed by atoms with Gasteiger partial charge in [0.25, 0.3) is 0 Å². The minimum Gasteiger partial charge on any atom is -0.352 e. The van der Waals surface area contributed by atoms with E-state index in [1.54, 1.807) is 6.92 Å². The Morgan fingerprint density at radius 3 is 2.94 bits per heavy atom. The molecule has 2 aromatic rings. The van der Waals surface area contributed by atoms with Crippen LogP contribution in [0.2, 0.25) is 0 Å². The first-order valence-electron chi connectivity index (χ1n) is 5.85. The number of carbonyl (C=O) groups excluding carboxylic acids is 1. The fraction of sp³-hybridized carbons (Fsp3) is 0.308. The smallest absolute Gasteiger partial charge is 0.223 e. The Labute approximate surface area is 105 Å². The van der Waals surface area contributed by atoms with Gasteiger partial charge in [-0.2, -0.15) is 4.98 Å². The van der Waals surface area contributed by atoms with Crippen LogP contribution in [0.25, 0.3) is 11.4 Å². The normalized spacial score (nSPS) is 10.3. The van der Waals surface area contributed by atoms with Gasteiger partial charge in [0.05, 0.1) is 0 Å². The Morgan fingerprint density at radius 2 is 2.28 bits per heavy atom. The first kappa shape index (κ1) is 12.3. The molecule has 1 heterocycles. The highest BCUT2D eigenvalue weighted by molar-refractivity contribution is 5.75. The number of aryl methyl sites for hydroxylation is 1. The van der Waals surface area contributed by atoms with Crippen molar-refractivity contribution in [2.24, 2.45) is 0 Å². The van der Waals surface area contributed by atoms with E-state index in [-0.39, 0.29) is 5.91 Å². The molecule has 0 aliphatic carbocycles. The van der Waals surface area contributed by atoms with E-state index in [0.29, 0.717) is 24.7 Å². The third kappa shape index (κ3) is 2.94. The van der Waals surface area contributed by atoms with Crippen molar-refractivity contribution < 1.29 is 9.32 Å². The van der Waals surface area contributed by atoms with Gasteiger partial charge in [-0.15, -0.1) is 0 Å². The highest BCUT2D eigenvalue weighted by Crippen LogP contribution is 2.17. The van der Waals surface area contributed by atoms with Gasteiger partial charge < -0.3 is 9.84 Å². The average molecular weight is 245 g/mol. The van der Waals surface area contributed by atoms with Crippen molar-refractivity contribution in [3.63, 3.8) is 0 Å². The van der Waals surface area contributed by atoms with Crippen molar-refractivity contribution in [3.05, 3.63) is 35.7 Å². The number of hydrogen-bond donors (Lipinski definition) is 1. The number of aromatic nitrogens is 2. The maximum absolute atomic E-state index is 11.2. The maximum atomic E-state index is 11.2. The number of nitrogens with zero attached hydrogens (tertiary/aromatic N) is 2. The van der Waals surface area contributed by atoms with E-state index >= 15 is 0 Å². The highest BCUT2D eigenvalue weighted by atomic mass is 16.5. The second kappa shape index (κ2) is 5.44. The number of nitrogens with one attached hydrogen (secondary N) is 1. The molecule has 0 aliphatic heterocycles. The Bertz CT molecular complexity index is 549. The minimum atomic E-state index is 0.0378. The molecule has 1 amide bonds. The third-order valence-electron chi connectivity index (χ3n) is 2.52. The van der Waals surface area contributed by atoms with Gasteiger partial charge >= 0.3 is 0 Å². The maximum Gasteiger partial charge on any atom is 0.223 e. The molecule has 0 atom stereocenters. The third-order valence-corrected chi connectivity index (χ3v) is 2.52. The predicted molar refractivity (Wildman–Crippen MR) is 66.6 cm³/mol. The first-order valence-corrected chi connectivity index (χ1v) is 5.85. The summed E-state index contributed by atoms with van der Waals surface area (Å²) in [5.41, 5.74) is 1.90. The molecule has 0 spiro atoms. The number of hydrogen-bond acceptors (Lipinski definition) is 4. The predicted octanol–water partition coefficient (Wildman–Crippen LogP) is 2.07. The second-order valence-electron chi connectivity index (χ2n) is 3.97. The van der Waals surface area contributed by atoms with Crippen molar-refractivity contribution in [3.8, 4) is 11.4 Å². The number of rotatable bonds is 4. The summed E-state index contributed by atoms with van der Waals surface area (Å²) in [6, 6.07) is 7.72. The van der Waals surface area contributed by atoms with Crippen molar-refractivity contribution in [2.45, 2.75) is 26.8 Å². The lowest BCUT2D eigenvalue weighted by molar-refractivity contribution is -0.120. The van der Waals surface area contributed by atoms with E-state index in [1.165, 1.54) is 0 Å². The molecule has 1 N–H and O–H groups in total. The van der Waals surface area contributed by atoms with E-state index in [2.05, 4.69) is 15.5 Å². The molecule has 2 rings (SSSR count). The van der Waals surface area contributed by atoms with Crippen LogP contribution in [0.3, 0.4) is 0 Å². The summed E-state index contributed by atoms with van der Waals surface area (Å²) in [6.45, 7) is 4.09. The molecule has 0 radical (unpaired) electrons. The van der Waals surface area contributed by atoms with Crippen LogP contribution in [0.5, 0.6) is 0 Å². The van der Waals surface area contributed by atoms with Crippen molar-refractivity contribution >= 4 is 5.91 Å². The van der Waals surface area contributed by atoms with Crippen molar-refractivity contribution in [1.82, 2.24) is 15.5 Å². The van der Waals surface area contributed by atoms with Gasteiger partial charge in [-0.3, -0.25) is 4.79 Å². The van der Waals surface area contributed by atoms with Crippen LogP contribution in [0, 0.1) is 6.92 Å². The minimum absolute atomic E-state index is 0.0378. The second-order valence-corrected chi connectivity index (χ2v) is 3.97. The van der Waals surface area contributed by atoms with Gasteiger partial charge in [-0.05, 0) is 11.6 Å². The molecule has 0 saturated heterocycles. The standard InChI is InChI=1S/C13H15N3O2/c1-3-12(17)14-8-10-5-4-6-11(7-10)13-15-9(2)18-16-13/h4-7H,3,8H2,1-2H3,(H,14,17). The summed E-state index contributed by atoms with van der Waals surface area (Å²) in [5.74, 6) is 1.14. The molecule has 0 bridgehead atoms. The largest absolute Gasteiger partial charge is 0.352 e. The van der Waals surface area contributed by atoms with Gasteiger partial charge in [0.15, 0.2) is 0 Å². The van der Waals surface area contributed by atoms with Crippen molar-refractivity contribution in [1.29, 1.82) is 0 Å². The number of amides is 1. The molecular formula is C13H15N3O2. The fourth-order valence-electron chi connectivity index (χ4n) is 1.56. The Balaban J connectivity index is 2.12. The molecule has 0 fully saturated rings. The number of carbonyl (C=O) groups is 1. The summed E-state index contributed by atoms with van der Waals surface area (Å²) >= 11 is 0. The van der Waals surface area contributed by atoms with E-state index in [4.69, 9.17) is 4.52 Å². The van der Waals surface area contributed by atoms with Crippen LogP contribution >= 0.6 is 0 Å².